The molecule has 0 aliphatic heterocycles. The van der Waals surface area contributed by atoms with E-state index in [1.807, 2.05) is 17.7 Å². The molecule has 1 heterocycles. The number of nitrogens with two attached hydrogens (primary N) is 1. The third kappa shape index (κ3) is 1.21. The second-order valence-electron chi connectivity index (χ2n) is 4.53. The number of aromatic nitrogens is 1. The van der Waals surface area contributed by atoms with Crippen molar-refractivity contribution in [2.75, 3.05) is 0 Å². The number of hydrogen-bond donors (Lipinski definition) is 1. The summed E-state index contributed by atoms with van der Waals surface area (Å²) in [5.41, 5.74) is 8.85. The van der Waals surface area contributed by atoms with Crippen LogP contribution in [0.4, 0.5) is 4.39 Å². The first-order valence-corrected chi connectivity index (χ1v) is 5.69. The topological polar surface area (TPSA) is 30.9 Å². The molecule has 3 rings (SSSR count). The fraction of sp³-hybridized carbons (Fsp3) is 0.385. The molecule has 1 fully saturated rings. The first kappa shape index (κ1) is 9.85. The zero-order valence-electron chi connectivity index (χ0n) is 9.33. The number of benzene rings is 1. The van der Waals surface area contributed by atoms with E-state index in [0.717, 1.165) is 11.1 Å². The van der Waals surface area contributed by atoms with E-state index in [1.165, 1.54) is 24.5 Å². The fourth-order valence-corrected chi connectivity index (χ4v) is 2.62. The van der Waals surface area contributed by atoms with E-state index in [9.17, 15) is 4.39 Å². The van der Waals surface area contributed by atoms with E-state index in [4.69, 9.17) is 5.73 Å². The Morgan fingerprint density at radius 3 is 2.81 bits per heavy atom. The van der Waals surface area contributed by atoms with Gasteiger partial charge in [-0.2, -0.15) is 0 Å². The van der Waals surface area contributed by atoms with Gasteiger partial charge in [0.25, 0.3) is 0 Å². The normalized spacial score (nSPS) is 15.9. The van der Waals surface area contributed by atoms with Crippen LogP contribution in [0.15, 0.2) is 18.2 Å². The lowest BCUT2D eigenvalue weighted by molar-refractivity contribution is 0.630. The molecule has 0 bridgehead atoms. The Morgan fingerprint density at radius 1 is 1.44 bits per heavy atom. The summed E-state index contributed by atoms with van der Waals surface area (Å²) in [5.74, 6) is 0.450. The molecule has 84 valence electrons. The van der Waals surface area contributed by atoms with E-state index in [1.54, 1.807) is 6.07 Å². The van der Waals surface area contributed by atoms with E-state index in [-0.39, 0.29) is 5.82 Å². The molecule has 1 aliphatic carbocycles. The number of halogens is 1. The molecule has 3 heteroatoms. The zero-order valence-corrected chi connectivity index (χ0v) is 9.33. The van der Waals surface area contributed by atoms with Gasteiger partial charge in [-0.05, 0) is 30.4 Å². The summed E-state index contributed by atoms with van der Waals surface area (Å²) in [5, 5.41) is 1.05. The molecule has 0 atom stereocenters. The van der Waals surface area contributed by atoms with Crippen molar-refractivity contribution in [3.63, 3.8) is 0 Å². The van der Waals surface area contributed by atoms with Crippen molar-refractivity contribution >= 4 is 10.9 Å². The summed E-state index contributed by atoms with van der Waals surface area (Å²) < 4.78 is 15.7. The quantitative estimate of drug-likeness (QED) is 0.825. The number of aryl methyl sites for hydroxylation is 1. The van der Waals surface area contributed by atoms with Crippen LogP contribution < -0.4 is 5.73 Å². The second-order valence-corrected chi connectivity index (χ2v) is 4.53. The van der Waals surface area contributed by atoms with Crippen LogP contribution in [0.5, 0.6) is 0 Å². The molecule has 0 unspecified atom stereocenters. The molecule has 0 radical (unpaired) electrons. The molecule has 1 aromatic carbocycles. The second kappa shape index (κ2) is 3.32. The van der Waals surface area contributed by atoms with Crippen LogP contribution in [0.1, 0.15) is 30.0 Å². The molecule has 2 N–H and O–H groups in total. The van der Waals surface area contributed by atoms with E-state index >= 15 is 0 Å². The molecule has 16 heavy (non-hydrogen) atoms. The van der Waals surface area contributed by atoms with Crippen molar-refractivity contribution < 1.29 is 4.39 Å². The smallest absolute Gasteiger partial charge is 0.147 e. The summed E-state index contributed by atoms with van der Waals surface area (Å²) >= 11 is 0. The number of fused-ring (bicyclic) bond motifs is 1. The van der Waals surface area contributed by atoms with Gasteiger partial charge >= 0.3 is 0 Å². The summed E-state index contributed by atoms with van der Waals surface area (Å²) in [6.45, 7) is 0.483. The lowest BCUT2D eigenvalue weighted by atomic mass is 10.1. The summed E-state index contributed by atoms with van der Waals surface area (Å²) in [7, 11) is 1.90. The maximum atomic E-state index is 13.8. The number of hydrogen-bond acceptors (Lipinski definition) is 1. The Labute approximate surface area is 93.9 Å². The Kier molecular flexibility index (Phi) is 2.04. The number of rotatable bonds is 2. The van der Waals surface area contributed by atoms with Gasteiger partial charge in [0, 0.05) is 24.7 Å². The third-order valence-corrected chi connectivity index (χ3v) is 3.51. The van der Waals surface area contributed by atoms with E-state index in [2.05, 4.69) is 0 Å². The maximum Gasteiger partial charge on any atom is 0.147 e. The highest BCUT2D eigenvalue weighted by molar-refractivity contribution is 5.87. The van der Waals surface area contributed by atoms with Crippen molar-refractivity contribution in [2.45, 2.75) is 25.3 Å². The predicted octanol–water partition coefficient (Wildman–Crippen LogP) is 2.65. The van der Waals surface area contributed by atoms with Crippen LogP contribution in [-0.2, 0) is 13.6 Å². The van der Waals surface area contributed by atoms with Crippen LogP contribution >= 0.6 is 0 Å². The van der Waals surface area contributed by atoms with Gasteiger partial charge in [-0.15, -0.1) is 0 Å². The van der Waals surface area contributed by atoms with Crippen LogP contribution in [0, 0.1) is 5.82 Å². The van der Waals surface area contributed by atoms with Gasteiger partial charge in [0.15, 0.2) is 0 Å². The standard InChI is InChI=1S/C13H15FN2/c1-16-11(7-15)12(8-5-6-8)9-3-2-4-10(14)13(9)16/h2-4,8H,5-7,15H2,1H3. The first-order chi connectivity index (χ1) is 7.74. The maximum absolute atomic E-state index is 13.8. The van der Waals surface area contributed by atoms with Crippen LogP contribution in [0.25, 0.3) is 10.9 Å². The van der Waals surface area contributed by atoms with Crippen LogP contribution in [-0.4, -0.2) is 4.57 Å². The van der Waals surface area contributed by atoms with E-state index < -0.39 is 0 Å². The minimum absolute atomic E-state index is 0.151. The molecular formula is C13H15FN2. The average Bonchev–Trinajstić information content (AvgIpc) is 3.05. The SMILES string of the molecule is Cn1c(CN)c(C2CC2)c2cccc(F)c21. The Balaban J connectivity index is 2.41. The lowest BCUT2D eigenvalue weighted by Crippen LogP contribution is -2.05. The Morgan fingerprint density at radius 2 is 2.19 bits per heavy atom. The van der Waals surface area contributed by atoms with Gasteiger partial charge in [0.2, 0.25) is 0 Å². The first-order valence-electron chi connectivity index (χ1n) is 5.69. The minimum Gasteiger partial charge on any atom is -0.344 e. The molecule has 0 amide bonds. The number of para-hydroxylation sites is 1. The van der Waals surface area contributed by atoms with Crippen molar-refractivity contribution in [1.29, 1.82) is 0 Å². The van der Waals surface area contributed by atoms with Gasteiger partial charge in [-0.3, -0.25) is 0 Å². The summed E-state index contributed by atoms with van der Waals surface area (Å²) in [4.78, 5) is 0. The van der Waals surface area contributed by atoms with Gasteiger partial charge < -0.3 is 10.3 Å². The molecule has 1 saturated carbocycles. The minimum atomic E-state index is -0.151. The van der Waals surface area contributed by atoms with Crippen molar-refractivity contribution in [3.05, 3.63) is 35.3 Å². The molecular weight excluding hydrogens is 203 g/mol. The average molecular weight is 218 g/mol. The highest BCUT2D eigenvalue weighted by Crippen LogP contribution is 2.46. The third-order valence-electron chi connectivity index (χ3n) is 3.51. The van der Waals surface area contributed by atoms with Crippen LogP contribution in [0.3, 0.4) is 0 Å². The highest BCUT2D eigenvalue weighted by Gasteiger charge is 2.30. The number of nitrogens with zero attached hydrogens (tertiary/aromatic N) is 1. The Hall–Kier alpha value is -1.35. The van der Waals surface area contributed by atoms with Gasteiger partial charge in [0.05, 0.1) is 5.52 Å². The Bertz CT molecular complexity index is 553. The molecule has 0 spiro atoms. The van der Waals surface area contributed by atoms with Crippen molar-refractivity contribution in [1.82, 2.24) is 4.57 Å². The van der Waals surface area contributed by atoms with E-state index in [0.29, 0.717) is 18.0 Å². The van der Waals surface area contributed by atoms with Gasteiger partial charge in [0.1, 0.15) is 5.82 Å². The summed E-state index contributed by atoms with van der Waals surface area (Å²) in [6.07, 6.45) is 2.42. The molecule has 1 aromatic heterocycles. The zero-order chi connectivity index (χ0) is 11.3. The van der Waals surface area contributed by atoms with Gasteiger partial charge in [-0.1, -0.05) is 12.1 Å². The van der Waals surface area contributed by atoms with Crippen LogP contribution in [0.2, 0.25) is 0 Å². The molecule has 2 nitrogen and oxygen atoms in total. The fourth-order valence-electron chi connectivity index (χ4n) is 2.62. The predicted molar refractivity (Wildman–Crippen MR) is 62.7 cm³/mol. The van der Waals surface area contributed by atoms with Crippen molar-refractivity contribution in [2.24, 2.45) is 12.8 Å². The lowest BCUT2D eigenvalue weighted by Gasteiger charge is -2.03. The summed E-state index contributed by atoms with van der Waals surface area (Å²) in [6, 6.07) is 5.30. The monoisotopic (exact) mass is 218 g/mol. The molecule has 2 aromatic rings. The van der Waals surface area contributed by atoms with Gasteiger partial charge in [-0.25, -0.2) is 4.39 Å². The highest BCUT2D eigenvalue weighted by atomic mass is 19.1. The van der Waals surface area contributed by atoms with Crippen molar-refractivity contribution in [3.8, 4) is 0 Å². The largest absolute Gasteiger partial charge is 0.344 e. The molecule has 0 saturated heterocycles. The molecule has 1 aliphatic rings.